The molecule has 0 aliphatic carbocycles. The smallest absolute Gasteiger partial charge is 0.241 e. The molecule has 2 heterocycles. The van der Waals surface area contributed by atoms with E-state index in [0.29, 0.717) is 25.3 Å². The van der Waals surface area contributed by atoms with E-state index < -0.39 is 35.2 Å². The Hall–Kier alpha value is -2.94. The van der Waals surface area contributed by atoms with Gasteiger partial charge in [0.1, 0.15) is 17.7 Å². The molecule has 2 aromatic carbocycles. The molecule has 2 aliphatic rings. The number of morpholine rings is 1. The summed E-state index contributed by atoms with van der Waals surface area (Å²) in [5.74, 6) is -1.41. The molecule has 0 saturated carbocycles. The van der Waals surface area contributed by atoms with E-state index in [0.717, 1.165) is 23.8 Å². The Morgan fingerprint density at radius 1 is 1.17 bits per heavy atom. The van der Waals surface area contributed by atoms with Crippen molar-refractivity contribution in [1.82, 2.24) is 15.5 Å². The Bertz CT molecular complexity index is 1120. The summed E-state index contributed by atoms with van der Waals surface area (Å²) < 4.78 is 34.1. The lowest BCUT2D eigenvalue weighted by Gasteiger charge is -2.36. The molecule has 4 rings (SSSR count). The number of ketones is 1. The van der Waals surface area contributed by atoms with Gasteiger partial charge in [-0.2, -0.15) is 0 Å². The first-order valence-corrected chi connectivity index (χ1v) is 12.2. The van der Waals surface area contributed by atoms with Crippen molar-refractivity contribution >= 4 is 17.3 Å². The molecule has 8 heteroatoms. The van der Waals surface area contributed by atoms with Gasteiger partial charge < -0.3 is 15.0 Å². The molecule has 192 valence electrons. The summed E-state index contributed by atoms with van der Waals surface area (Å²) in [4.78, 5) is 28.4. The SMILES string of the molecule is CC(C)(C)[C@H](NCC(=O)C1CNCCO1)C(=O)N1CC(c2cc(F)ccc2F)=C[C@H]1c1ccccc1. The topological polar surface area (TPSA) is 70.7 Å². The minimum Gasteiger partial charge on any atom is -0.368 e. The van der Waals surface area contributed by atoms with Gasteiger partial charge in [-0.05, 0) is 34.8 Å². The van der Waals surface area contributed by atoms with Gasteiger partial charge in [0.25, 0.3) is 0 Å². The van der Waals surface area contributed by atoms with E-state index in [-0.39, 0.29) is 30.3 Å². The van der Waals surface area contributed by atoms with Crippen LogP contribution in [0.2, 0.25) is 0 Å². The summed E-state index contributed by atoms with van der Waals surface area (Å²) in [5.41, 5.74) is 1.03. The number of amides is 1. The van der Waals surface area contributed by atoms with Gasteiger partial charge in [0, 0.05) is 25.2 Å². The van der Waals surface area contributed by atoms with Crippen molar-refractivity contribution in [2.45, 2.75) is 39.0 Å². The van der Waals surface area contributed by atoms with Gasteiger partial charge in [0.15, 0.2) is 5.78 Å². The second-order valence-corrected chi connectivity index (χ2v) is 10.3. The molecule has 3 atom stereocenters. The van der Waals surface area contributed by atoms with Crippen molar-refractivity contribution in [3.8, 4) is 0 Å². The molecule has 1 saturated heterocycles. The number of hydrogen-bond acceptors (Lipinski definition) is 5. The van der Waals surface area contributed by atoms with E-state index in [1.807, 2.05) is 57.2 Å². The lowest BCUT2D eigenvalue weighted by Crippen LogP contribution is -2.55. The maximum atomic E-state index is 14.6. The van der Waals surface area contributed by atoms with E-state index in [1.54, 1.807) is 4.90 Å². The highest BCUT2D eigenvalue weighted by Crippen LogP contribution is 2.37. The van der Waals surface area contributed by atoms with Crippen molar-refractivity contribution in [2.24, 2.45) is 5.41 Å². The van der Waals surface area contributed by atoms with Gasteiger partial charge in [0.05, 0.1) is 25.2 Å². The number of rotatable bonds is 7. The monoisotopic (exact) mass is 497 g/mol. The van der Waals surface area contributed by atoms with E-state index in [1.165, 1.54) is 0 Å². The van der Waals surface area contributed by atoms with E-state index in [2.05, 4.69) is 10.6 Å². The van der Waals surface area contributed by atoms with Gasteiger partial charge in [-0.25, -0.2) is 8.78 Å². The summed E-state index contributed by atoms with van der Waals surface area (Å²) >= 11 is 0. The maximum Gasteiger partial charge on any atom is 0.241 e. The lowest BCUT2D eigenvalue weighted by atomic mass is 9.85. The third kappa shape index (κ3) is 5.88. The summed E-state index contributed by atoms with van der Waals surface area (Å²) in [6.45, 7) is 7.52. The summed E-state index contributed by atoms with van der Waals surface area (Å²) in [6.07, 6.45) is 1.27. The van der Waals surface area contributed by atoms with E-state index >= 15 is 0 Å². The molecular weight excluding hydrogens is 464 g/mol. The van der Waals surface area contributed by atoms with Crippen LogP contribution in [0, 0.1) is 17.0 Å². The second kappa shape index (κ2) is 11.0. The molecule has 0 radical (unpaired) electrons. The highest BCUT2D eigenvalue weighted by molar-refractivity contribution is 5.89. The Balaban J connectivity index is 1.60. The molecule has 6 nitrogen and oxygen atoms in total. The number of nitrogens with one attached hydrogen (secondary N) is 2. The molecule has 1 amide bonds. The number of carbonyl (C=O) groups excluding carboxylic acids is 2. The predicted octanol–water partition coefficient (Wildman–Crippen LogP) is 3.49. The van der Waals surface area contributed by atoms with Crippen molar-refractivity contribution in [2.75, 3.05) is 32.8 Å². The molecular formula is C28H33F2N3O3. The van der Waals surface area contributed by atoms with Gasteiger partial charge in [-0.1, -0.05) is 57.2 Å². The maximum absolute atomic E-state index is 14.6. The first-order chi connectivity index (χ1) is 17.1. The van der Waals surface area contributed by atoms with Crippen LogP contribution in [-0.2, 0) is 14.3 Å². The van der Waals surface area contributed by atoms with Crippen molar-refractivity contribution < 1.29 is 23.1 Å². The number of benzene rings is 2. The third-order valence-corrected chi connectivity index (χ3v) is 6.61. The van der Waals surface area contributed by atoms with Crippen LogP contribution >= 0.6 is 0 Å². The highest BCUT2D eigenvalue weighted by atomic mass is 19.1. The summed E-state index contributed by atoms with van der Waals surface area (Å²) in [5, 5.41) is 6.32. The minimum absolute atomic E-state index is 0.0112. The Kier molecular flexibility index (Phi) is 7.97. The van der Waals surface area contributed by atoms with Crippen LogP contribution < -0.4 is 10.6 Å². The van der Waals surface area contributed by atoms with Gasteiger partial charge >= 0.3 is 0 Å². The zero-order valence-corrected chi connectivity index (χ0v) is 20.9. The van der Waals surface area contributed by atoms with Crippen LogP contribution in [0.25, 0.3) is 5.57 Å². The Morgan fingerprint density at radius 2 is 1.92 bits per heavy atom. The number of Topliss-reactive ketones (excluding diaryl/α,β-unsaturated/α-hetero) is 1. The van der Waals surface area contributed by atoms with Gasteiger partial charge in [0.2, 0.25) is 5.91 Å². The predicted molar refractivity (Wildman–Crippen MR) is 134 cm³/mol. The number of halogens is 2. The summed E-state index contributed by atoms with van der Waals surface area (Å²) in [7, 11) is 0. The number of nitrogens with zero attached hydrogens (tertiary/aromatic N) is 1. The lowest BCUT2D eigenvalue weighted by molar-refractivity contribution is -0.137. The van der Waals surface area contributed by atoms with Crippen LogP contribution in [0.4, 0.5) is 8.78 Å². The van der Waals surface area contributed by atoms with Gasteiger partial charge in [-0.3, -0.25) is 14.9 Å². The van der Waals surface area contributed by atoms with Gasteiger partial charge in [-0.15, -0.1) is 0 Å². The second-order valence-electron chi connectivity index (χ2n) is 10.3. The van der Waals surface area contributed by atoms with Crippen LogP contribution in [0.1, 0.15) is 37.9 Å². The van der Waals surface area contributed by atoms with E-state index in [4.69, 9.17) is 4.74 Å². The minimum atomic E-state index is -0.686. The first-order valence-electron chi connectivity index (χ1n) is 12.2. The Morgan fingerprint density at radius 3 is 2.58 bits per heavy atom. The highest BCUT2D eigenvalue weighted by Gasteiger charge is 2.40. The molecule has 1 unspecified atom stereocenters. The summed E-state index contributed by atoms with van der Waals surface area (Å²) in [6, 6.07) is 11.6. The quantitative estimate of drug-likeness (QED) is 0.613. The average molecular weight is 498 g/mol. The van der Waals surface area contributed by atoms with Crippen LogP contribution in [-0.4, -0.2) is 61.5 Å². The number of carbonyl (C=O) groups is 2. The fourth-order valence-electron chi connectivity index (χ4n) is 4.69. The zero-order valence-electron chi connectivity index (χ0n) is 20.9. The normalized spacial score (nSPS) is 21.2. The fourth-order valence-corrected chi connectivity index (χ4v) is 4.69. The number of ether oxygens (including phenoxy) is 1. The van der Waals surface area contributed by atoms with Crippen molar-refractivity contribution in [3.05, 3.63) is 77.4 Å². The van der Waals surface area contributed by atoms with Crippen LogP contribution in [0.3, 0.4) is 0 Å². The molecule has 36 heavy (non-hydrogen) atoms. The van der Waals surface area contributed by atoms with Crippen molar-refractivity contribution in [3.63, 3.8) is 0 Å². The molecule has 0 aromatic heterocycles. The average Bonchev–Trinajstić information content (AvgIpc) is 3.31. The Labute approximate surface area is 210 Å². The molecule has 2 aromatic rings. The standard InChI is InChI=1S/C28H33F2N3O3/c1-28(2,3)26(32-15-24(34)25-16-31-11-12-36-25)27(35)33-17-19(21-14-20(29)9-10-22(21)30)13-23(33)18-7-5-4-6-8-18/h4-10,13-14,23,25-26,31-32H,11-12,15-17H2,1-3H3/t23-,25?,26+/m0/s1. The largest absolute Gasteiger partial charge is 0.368 e. The molecule has 2 aliphatic heterocycles. The van der Waals surface area contributed by atoms with Crippen molar-refractivity contribution in [1.29, 1.82) is 0 Å². The molecule has 0 bridgehead atoms. The number of hydrogen-bond donors (Lipinski definition) is 2. The van der Waals surface area contributed by atoms with E-state index in [9.17, 15) is 18.4 Å². The molecule has 2 N–H and O–H groups in total. The zero-order chi connectivity index (χ0) is 25.9. The molecule has 0 spiro atoms. The fraction of sp³-hybridized carbons (Fsp3) is 0.429. The third-order valence-electron chi connectivity index (χ3n) is 6.61. The first kappa shape index (κ1) is 26.1. The molecule has 1 fully saturated rings. The van der Waals surface area contributed by atoms with Crippen LogP contribution in [0.15, 0.2) is 54.6 Å². The van der Waals surface area contributed by atoms with Crippen LogP contribution in [0.5, 0.6) is 0 Å².